The van der Waals surface area contributed by atoms with E-state index in [9.17, 15) is 9.90 Å². The zero-order chi connectivity index (χ0) is 16.4. The van der Waals surface area contributed by atoms with Gasteiger partial charge in [0.1, 0.15) is 24.1 Å². The van der Waals surface area contributed by atoms with E-state index in [2.05, 4.69) is 15.0 Å². The number of anilines is 1. The molecule has 2 saturated heterocycles. The quantitative estimate of drug-likeness (QED) is 0.777. The fourth-order valence-corrected chi connectivity index (χ4v) is 3.06. The smallest absolute Gasteiger partial charge is 0.335 e. The highest BCUT2D eigenvalue weighted by Gasteiger charge is 2.58. The molecule has 0 aromatic carbocycles. The topological polar surface area (TPSA) is 135 Å². The molecule has 3 N–H and O–H groups in total. The number of aromatic nitrogens is 4. The van der Waals surface area contributed by atoms with E-state index in [1.54, 1.807) is 18.4 Å². The number of fused-ring (bicyclic) bond motifs is 2. The van der Waals surface area contributed by atoms with Crippen LogP contribution in [-0.4, -0.2) is 54.7 Å². The number of nitrogens with zero attached hydrogens (tertiary/aromatic N) is 4. The van der Waals surface area contributed by atoms with E-state index in [1.165, 1.54) is 12.7 Å². The van der Waals surface area contributed by atoms with Crippen molar-refractivity contribution < 1.29 is 24.1 Å². The summed E-state index contributed by atoms with van der Waals surface area (Å²) in [6.45, 7) is 3.46. The van der Waals surface area contributed by atoms with Gasteiger partial charge in [-0.1, -0.05) is 0 Å². The first-order chi connectivity index (χ1) is 10.9. The molecule has 2 aliphatic heterocycles. The summed E-state index contributed by atoms with van der Waals surface area (Å²) < 4.78 is 18.8. The molecule has 4 rings (SSSR count). The standard InChI is InChI=1S/C13H15N5O5/c1-13(2)22-6-7(23-13)11(21-8(6)12(19)20)18-4-17-5-9(14)15-3-16-10(5)18/h3-4,6-8,11H,1-2H3,(H,19,20)(H2,14,15,16)/t6-,7+,8-,11?/m0/s1. The van der Waals surface area contributed by atoms with Gasteiger partial charge in [-0.05, 0) is 13.8 Å². The summed E-state index contributed by atoms with van der Waals surface area (Å²) in [6, 6.07) is 0. The van der Waals surface area contributed by atoms with Gasteiger partial charge in [-0.15, -0.1) is 0 Å². The minimum absolute atomic E-state index is 0.238. The molecular formula is C13H15N5O5. The lowest BCUT2D eigenvalue weighted by Gasteiger charge is -2.23. The van der Waals surface area contributed by atoms with Gasteiger partial charge in [0, 0.05) is 0 Å². The van der Waals surface area contributed by atoms with Crippen molar-refractivity contribution in [1.29, 1.82) is 0 Å². The molecule has 0 spiro atoms. The molecule has 4 atom stereocenters. The monoisotopic (exact) mass is 321 g/mol. The van der Waals surface area contributed by atoms with Crippen LogP contribution < -0.4 is 5.73 Å². The Hall–Kier alpha value is -2.30. The van der Waals surface area contributed by atoms with Crippen molar-refractivity contribution in [1.82, 2.24) is 19.5 Å². The Balaban J connectivity index is 1.78. The maximum absolute atomic E-state index is 11.5. The van der Waals surface area contributed by atoms with Crippen molar-refractivity contribution in [3.05, 3.63) is 12.7 Å². The van der Waals surface area contributed by atoms with Crippen molar-refractivity contribution >= 4 is 23.0 Å². The average Bonchev–Trinajstić information content (AvgIpc) is 3.09. The van der Waals surface area contributed by atoms with Crippen LogP contribution in [0.1, 0.15) is 20.1 Å². The van der Waals surface area contributed by atoms with Crippen LogP contribution in [0.5, 0.6) is 0 Å². The molecule has 0 amide bonds. The molecule has 10 heteroatoms. The number of aliphatic carboxylic acids is 1. The maximum Gasteiger partial charge on any atom is 0.335 e. The summed E-state index contributed by atoms with van der Waals surface area (Å²) >= 11 is 0. The van der Waals surface area contributed by atoms with Gasteiger partial charge in [0.05, 0.1) is 6.33 Å². The number of hydrogen-bond donors (Lipinski definition) is 2. The van der Waals surface area contributed by atoms with Crippen LogP contribution in [0.25, 0.3) is 11.2 Å². The van der Waals surface area contributed by atoms with Gasteiger partial charge in [-0.2, -0.15) is 0 Å². The summed E-state index contributed by atoms with van der Waals surface area (Å²) in [6.07, 6.45) is -0.391. The van der Waals surface area contributed by atoms with Crippen molar-refractivity contribution in [2.24, 2.45) is 0 Å². The third-order valence-electron chi connectivity index (χ3n) is 3.93. The van der Waals surface area contributed by atoms with E-state index in [0.29, 0.717) is 11.2 Å². The minimum Gasteiger partial charge on any atom is -0.479 e. The summed E-state index contributed by atoms with van der Waals surface area (Å²) in [5.74, 6) is -1.76. The van der Waals surface area contributed by atoms with Crippen molar-refractivity contribution in [3.63, 3.8) is 0 Å². The molecule has 0 bridgehead atoms. The van der Waals surface area contributed by atoms with Gasteiger partial charge in [-0.3, -0.25) is 4.57 Å². The summed E-state index contributed by atoms with van der Waals surface area (Å²) in [7, 11) is 0. The Morgan fingerprint density at radius 2 is 2.04 bits per heavy atom. The Morgan fingerprint density at radius 1 is 1.30 bits per heavy atom. The normalized spacial score (nSPS) is 32.3. The molecule has 1 unspecified atom stereocenters. The van der Waals surface area contributed by atoms with E-state index < -0.39 is 36.3 Å². The molecule has 10 nitrogen and oxygen atoms in total. The SMILES string of the molecule is CC1(C)O[C@@H]2[C@@H](C(=O)O)OC(n3cnc4c(N)ncnc43)[C@@H]2O1. The lowest BCUT2D eigenvalue weighted by molar-refractivity contribution is -0.202. The molecule has 0 radical (unpaired) electrons. The van der Waals surface area contributed by atoms with E-state index in [-0.39, 0.29) is 5.82 Å². The van der Waals surface area contributed by atoms with Gasteiger partial charge < -0.3 is 25.1 Å². The number of imidazole rings is 1. The Morgan fingerprint density at radius 3 is 2.78 bits per heavy atom. The fraction of sp³-hybridized carbons (Fsp3) is 0.538. The number of carboxylic acids is 1. The minimum atomic E-state index is -1.14. The predicted octanol–water partition coefficient (Wildman–Crippen LogP) is -0.0894. The van der Waals surface area contributed by atoms with Crippen molar-refractivity contribution in [2.45, 2.75) is 44.2 Å². The average molecular weight is 321 g/mol. The highest BCUT2D eigenvalue weighted by atomic mass is 16.8. The fourth-order valence-electron chi connectivity index (χ4n) is 3.06. The van der Waals surface area contributed by atoms with Crippen LogP contribution >= 0.6 is 0 Å². The van der Waals surface area contributed by atoms with Crippen LogP contribution in [0.2, 0.25) is 0 Å². The van der Waals surface area contributed by atoms with Gasteiger partial charge in [-0.25, -0.2) is 19.7 Å². The first kappa shape index (κ1) is 14.3. The van der Waals surface area contributed by atoms with Crippen molar-refractivity contribution in [2.75, 3.05) is 5.73 Å². The van der Waals surface area contributed by atoms with E-state index in [4.69, 9.17) is 19.9 Å². The molecule has 2 fully saturated rings. The molecule has 0 saturated carbocycles. The maximum atomic E-state index is 11.5. The number of rotatable bonds is 2. The highest BCUT2D eigenvalue weighted by molar-refractivity contribution is 5.81. The first-order valence-electron chi connectivity index (χ1n) is 7.04. The Kier molecular flexibility index (Phi) is 2.86. The van der Waals surface area contributed by atoms with E-state index in [0.717, 1.165) is 0 Å². The lowest BCUT2D eigenvalue weighted by Crippen LogP contribution is -2.35. The van der Waals surface area contributed by atoms with Crippen LogP contribution in [0.15, 0.2) is 12.7 Å². The zero-order valence-electron chi connectivity index (χ0n) is 12.4. The van der Waals surface area contributed by atoms with E-state index >= 15 is 0 Å². The van der Waals surface area contributed by atoms with Crippen molar-refractivity contribution in [3.8, 4) is 0 Å². The number of nitrogen functional groups attached to an aromatic ring is 1. The number of nitrogens with two attached hydrogens (primary N) is 1. The Bertz CT molecular complexity index is 790. The molecular weight excluding hydrogens is 306 g/mol. The van der Waals surface area contributed by atoms with Crippen LogP contribution in [0.3, 0.4) is 0 Å². The van der Waals surface area contributed by atoms with Crippen LogP contribution in [0, 0.1) is 0 Å². The Labute approximate surface area is 130 Å². The molecule has 4 heterocycles. The number of carboxylic acid groups (broad SMARTS) is 1. The predicted molar refractivity (Wildman–Crippen MR) is 75.1 cm³/mol. The van der Waals surface area contributed by atoms with Gasteiger partial charge in [0.2, 0.25) is 0 Å². The molecule has 2 aromatic rings. The van der Waals surface area contributed by atoms with Crippen LogP contribution in [0.4, 0.5) is 5.82 Å². The zero-order valence-corrected chi connectivity index (χ0v) is 12.4. The second kappa shape index (κ2) is 4.60. The van der Waals surface area contributed by atoms with Crippen LogP contribution in [-0.2, 0) is 19.0 Å². The second-order valence-corrected chi connectivity index (χ2v) is 5.93. The number of carbonyl (C=O) groups is 1. The lowest BCUT2D eigenvalue weighted by atomic mass is 10.1. The summed E-state index contributed by atoms with van der Waals surface area (Å²) in [5.41, 5.74) is 6.64. The molecule has 23 heavy (non-hydrogen) atoms. The molecule has 0 aliphatic carbocycles. The highest BCUT2D eigenvalue weighted by Crippen LogP contribution is 2.43. The molecule has 2 aromatic heterocycles. The second-order valence-electron chi connectivity index (χ2n) is 5.93. The third kappa shape index (κ3) is 2.06. The number of hydrogen-bond acceptors (Lipinski definition) is 8. The largest absolute Gasteiger partial charge is 0.479 e. The van der Waals surface area contributed by atoms with E-state index in [1.807, 2.05) is 0 Å². The molecule has 122 valence electrons. The van der Waals surface area contributed by atoms with Gasteiger partial charge >= 0.3 is 5.97 Å². The van der Waals surface area contributed by atoms with Gasteiger partial charge in [0.25, 0.3) is 0 Å². The number of ether oxygens (including phenoxy) is 3. The third-order valence-corrected chi connectivity index (χ3v) is 3.93. The first-order valence-corrected chi connectivity index (χ1v) is 7.04. The summed E-state index contributed by atoms with van der Waals surface area (Å²) in [4.78, 5) is 23.7. The molecule has 2 aliphatic rings. The summed E-state index contributed by atoms with van der Waals surface area (Å²) in [5, 5.41) is 9.37. The van der Waals surface area contributed by atoms with Gasteiger partial charge in [0.15, 0.2) is 29.6 Å².